The molecule has 0 aliphatic rings. The average molecular weight is 357 g/mol. The lowest BCUT2D eigenvalue weighted by Gasteiger charge is -2.15. The van der Waals surface area contributed by atoms with Crippen LogP contribution in [0.25, 0.3) is 21.9 Å². The summed E-state index contributed by atoms with van der Waals surface area (Å²) in [4.78, 5) is 12.3. The van der Waals surface area contributed by atoms with E-state index in [0.29, 0.717) is 11.1 Å². The molecule has 0 saturated heterocycles. The molecule has 1 heterocycles. The van der Waals surface area contributed by atoms with Crippen molar-refractivity contribution in [2.45, 2.75) is 0 Å². The van der Waals surface area contributed by atoms with Gasteiger partial charge in [0, 0.05) is 38.3 Å². The van der Waals surface area contributed by atoms with Crippen LogP contribution >= 0.6 is 0 Å². The quantitative estimate of drug-likeness (QED) is 0.779. The van der Waals surface area contributed by atoms with Crippen LogP contribution in [-0.2, 0) is 17.3 Å². The highest BCUT2D eigenvalue weighted by Crippen LogP contribution is 2.28. The van der Waals surface area contributed by atoms with Crippen LogP contribution < -0.4 is 10.3 Å². The van der Waals surface area contributed by atoms with Gasteiger partial charge in [0.15, 0.2) is 0 Å². The Balaban J connectivity index is 2.16. The highest BCUT2D eigenvalue weighted by atomic mass is 32.2. The van der Waals surface area contributed by atoms with Gasteiger partial charge in [-0.2, -0.15) is 12.7 Å². The summed E-state index contributed by atoms with van der Waals surface area (Å²) in [6.07, 6.45) is 1.77. The molecule has 0 amide bonds. The zero-order valence-electron chi connectivity index (χ0n) is 14.2. The number of rotatable bonds is 4. The third-order valence-electron chi connectivity index (χ3n) is 3.99. The first kappa shape index (κ1) is 17.2. The van der Waals surface area contributed by atoms with Crippen molar-refractivity contribution in [3.05, 3.63) is 65.1 Å². The van der Waals surface area contributed by atoms with Gasteiger partial charge < -0.3 is 4.57 Å². The van der Waals surface area contributed by atoms with Crippen molar-refractivity contribution in [3.63, 3.8) is 0 Å². The maximum Gasteiger partial charge on any atom is 0.301 e. The Morgan fingerprint density at radius 2 is 1.68 bits per heavy atom. The van der Waals surface area contributed by atoms with Gasteiger partial charge in [0.05, 0.1) is 5.69 Å². The molecule has 0 aliphatic carbocycles. The molecule has 1 aromatic heterocycles. The molecule has 3 rings (SSSR count). The number of hydrogen-bond acceptors (Lipinski definition) is 3. The van der Waals surface area contributed by atoms with E-state index in [2.05, 4.69) is 4.72 Å². The van der Waals surface area contributed by atoms with E-state index >= 15 is 0 Å². The number of nitrogens with one attached hydrogen (secondary N) is 1. The molecule has 0 spiro atoms. The summed E-state index contributed by atoms with van der Waals surface area (Å²) < 4.78 is 29.2. The summed E-state index contributed by atoms with van der Waals surface area (Å²) in [7, 11) is 1.06. The number of nitrogens with zero attached hydrogens (tertiary/aromatic N) is 2. The molecule has 0 fully saturated rings. The van der Waals surface area contributed by atoms with Crippen LogP contribution in [-0.4, -0.2) is 31.4 Å². The third-order valence-corrected chi connectivity index (χ3v) is 5.45. The molecular weight excluding hydrogens is 338 g/mol. The molecule has 25 heavy (non-hydrogen) atoms. The second-order valence-electron chi connectivity index (χ2n) is 5.97. The largest absolute Gasteiger partial charge is 0.317 e. The Hall–Kier alpha value is -2.64. The van der Waals surface area contributed by atoms with Crippen LogP contribution in [0.1, 0.15) is 0 Å². The summed E-state index contributed by atoms with van der Waals surface area (Å²) >= 11 is 0. The van der Waals surface area contributed by atoms with Gasteiger partial charge in [0.25, 0.3) is 5.56 Å². The van der Waals surface area contributed by atoms with Crippen LogP contribution in [0.15, 0.2) is 59.5 Å². The molecule has 6 nitrogen and oxygen atoms in total. The van der Waals surface area contributed by atoms with E-state index in [9.17, 15) is 13.2 Å². The first-order chi connectivity index (χ1) is 11.8. The summed E-state index contributed by atoms with van der Waals surface area (Å²) in [5, 5.41) is 1.46. The maximum atomic E-state index is 12.3. The Morgan fingerprint density at radius 3 is 2.36 bits per heavy atom. The van der Waals surface area contributed by atoms with Crippen molar-refractivity contribution in [1.29, 1.82) is 0 Å². The summed E-state index contributed by atoms with van der Waals surface area (Å²) in [6, 6.07) is 14.5. The maximum absolute atomic E-state index is 12.3. The summed E-state index contributed by atoms with van der Waals surface area (Å²) in [5.41, 5.74) is 2.09. The molecule has 130 valence electrons. The van der Waals surface area contributed by atoms with Crippen LogP contribution in [0, 0.1) is 0 Å². The number of hydrogen-bond donors (Lipinski definition) is 1. The monoisotopic (exact) mass is 357 g/mol. The highest BCUT2D eigenvalue weighted by Gasteiger charge is 2.14. The topological polar surface area (TPSA) is 71.4 Å². The van der Waals surface area contributed by atoms with Gasteiger partial charge in [-0.1, -0.05) is 30.3 Å². The first-order valence-electron chi connectivity index (χ1n) is 7.68. The molecule has 0 saturated carbocycles. The standard InChI is InChI=1S/C18H19N3O3S/c1-20(2)25(23,24)19-14-8-6-7-13(11-14)17-12-21(3)18(22)16-10-5-4-9-15(16)17/h4-12,19H,1-3H3. The minimum atomic E-state index is -3.58. The minimum Gasteiger partial charge on any atom is -0.317 e. The number of pyridine rings is 1. The molecule has 0 atom stereocenters. The van der Waals surface area contributed by atoms with Crippen molar-refractivity contribution >= 4 is 26.7 Å². The van der Waals surface area contributed by atoms with E-state index in [-0.39, 0.29) is 5.56 Å². The molecule has 1 N–H and O–H groups in total. The number of benzene rings is 2. The predicted octanol–water partition coefficient (Wildman–Crippen LogP) is 2.42. The SMILES string of the molecule is CN(C)S(=O)(=O)Nc1cccc(-c2cn(C)c(=O)c3ccccc23)c1. The Bertz CT molecular complexity index is 1100. The van der Waals surface area contributed by atoms with Gasteiger partial charge in [0.2, 0.25) is 0 Å². The van der Waals surface area contributed by atoms with E-state index in [1.165, 1.54) is 18.7 Å². The molecule has 0 aliphatic heterocycles. The number of anilines is 1. The first-order valence-corrected chi connectivity index (χ1v) is 9.13. The van der Waals surface area contributed by atoms with Crippen LogP contribution in [0.2, 0.25) is 0 Å². The van der Waals surface area contributed by atoms with E-state index in [1.54, 1.807) is 37.5 Å². The van der Waals surface area contributed by atoms with Crippen molar-refractivity contribution in [3.8, 4) is 11.1 Å². The fraction of sp³-hybridized carbons (Fsp3) is 0.167. The van der Waals surface area contributed by atoms with Gasteiger partial charge in [-0.15, -0.1) is 0 Å². The van der Waals surface area contributed by atoms with E-state index in [4.69, 9.17) is 0 Å². The van der Waals surface area contributed by atoms with E-state index in [1.807, 2.05) is 24.3 Å². The molecule has 3 aromatic rings. The fourth-order valence-electron chi connectivity index (χ4n) is 2.64. The smallest absolute Gasteiger partial charge is 0.301 e. The molecule has 2 aromatic carbocycles. The average Bonchev–Trinajstić information content (AvgIpc) is 2.58. The zero-order valence-corrected chi connectivity index (χ0v) is 15.0. The van der Waals surface area contributed by atoms with Gasteiger partial charge in [0.1, 0.15) is 0 Å². The number of aryl methyl sites for hydroxylation is 1. The zero-order chi connectivity index (χ0) is 18.2. The lowest BCUT2D eigenvalue weighted by atomic mass is 10.0. The van der Waals surface area contributed by atoms with Crippen molar-refractivity contribution in [2.24, 2.45) is 7.05 Å². The Morgan fingerprint density at radius 1 is 1.00 bits per heavy atom. The fourth-order valence-corrected chi connectivity index (χ4v) is 3.24. The second-order valence-corrected chi connectivity index (χ2v) is 7.86. The number of aromatic nitrogens is 1. The van der Waals surface area contributed by atoms with Gasteiger partial charge >= 0.3 is 10.2 Å². The number of fused-ring (bicyclic) bond motifs is 1. The van der Waals surface area contributed by atoms with Crippen molar-refractivity contribution in [2.75, 3.05) is 18.8 Å². The van der Waals surface area contributed by atoms with E-state index in [0.717, 1.165) is 20.8 Å². The van der Waals surface area contributed by atoms with E-state index < -0.39 is 10.2 Å². The van der Waals surface area contributed by atoms with Crippen LogP contribution in [0.3, 0.4) is 0 Å². The summed E-state index contributed by atoms with van der Waals surface area (Å²) in [5.74, 6) is 0. The van der Waals surface area contributed by atoms with Gasteiger partial charge in [-0.05, 0) is 29.1 Å². The Kier molecular flexibility index (Phi) is 4.36. The predicted molar refractivity (Wildman–Crippen MR) is 101 cm³/mol. The normalized spacial score (nSPS) is 11.8. The molecule has 0 unspecified atom stereocenters. The lowest BCUT2D eigenvalue weighted by molar-refractivity contribution is 0.527. The molecule has 0 radical (unpaired) electrons. The van der Waals surface area contributed by atoms with Gasteiger partial charge in [-0.3, -0.25) is 9.52 Å². The van der Waals surface area contributed by atoms with Crippen LogP contribution in [0.5, 0.6) is 0 Å². The molecule has 7 heteroatoms. The second kappa shape index (κ2) is 6.34. The minimum absolute atomic E-state index is 0.0659. The third kappa shape index (κ3) is 3.29. The highest BCUT2D eigenvalue weighted by molar-refractivity contribution is 7.90. The lowest BCUT2D eigenvalue weighted by Crippen LogP contribution is -2.28. The van der Waals surface area contributed by atoms with Crippen molar-refractivity contribution < 1.29 is 8.42 Å². The van der Waals surface area contributed by atoms with Gasteiger partial charge in [-0.25, -0.2) is 0 Å². The summed E-state index contributed by atoms with van der Waals surface area (Å²) in [6.45, 7) is 0. The Labute approximate surface area is 146 Å². The van der Waals surface area contributed by atoms with Crippen molar-refractivity contribution in [1.82, 2.24) is 8.87 Å². The molecular formula is C18H19N3O3S. The molecule has 0 bridgehead atoms. The van der Waals surface area contributed by atoms with Crippen LogP contribution in [0.4, 0.5) is 5.69 Å².